The van der Waals surface area contributed by atoms with Crippen LogP contribution in [-0.4, -0.2) is 39.2 Å². The van der Waals surface area contributed by atoms with E-state index in [-0.39, 0.29) is 10.7 Å². The van der Waals surface area contributed by atoms with Crippen molar-refractivity contribution in [1.82, 2.24) is 9.97 Å². The molecule has 1 aliphatic rings. The summed E-state index contributed by atoms with van der Waals surface area (Å²) >= 11 is 1.21. The van der Waals surface area contributed by atoms with E-state index in [0.29, 0.717) is 16.7 Å². The van der Waals surface area contributed by atoms with Gasteiger partial charge in [-0.1, -0.05) is 23.9 Å². The van der Waals surface area contributed by atoms with Gasteiger partial charge in [0.05, 0.1) is 28.4 Å². The zero-order valence-corrected chi connectivity index (χ0v) is 17.0. The fourth-order valence-corrected chi connectivity index (χ4v) is 3.34. The molecule has 1 N–H and O–H groups in total. The minimum absolute atomic E-state index is 0.0316. The molecule has 0 aliphatic carbocycles. The number of thioether (sulfide) groups is 1. The Morgan fingerprint density at radius 3 is 2.56 bits per heavy atom. The number of fused-ring (bicyclic) bond motifs is 1. The lowest BCUT2D eigenvalue weighted by molar-refractivity contribution is -0.109. The molecule has 142 valence electrons. The smallest absolute Gasteiger partial charge is 0.400 e. The molecule has 1 fully saturated rings. The number of nitrogens with one attached hydrogen (secondary N) is 1. The minimum Gasteiger partial charge on any atom is -0.400 e. The fourth-order valence-electron chi connectivity index (χ4n) is 2.75. The molecule has 27 heavy (non-hydrogen) atoms. The van der Waals surface area contributed by atoms with Gasteiger partial charge in [-0.3, -0.25) is 9.59 Å². The summed E-state index contributed by atoms with van der Waals surface area (Å²) in [6.07, 6.45) is 3.33. The van der Waals surface area contributed by atoms with Crippen molar-refractivity contribution in [3.8, 4) is 0 Å². The van der Waals surface area contributed by atoms with Crippen molar-refractivity contribution < 1.29 is 14.1 Å². The molecule has 1 aromatic heterocycles. The van der Waals surface area contributed by atoms with Crippen molar-refractivity contribution >= 4 is 41.0 Å². The molecule has 1 aliphatic heterocycles. The number of aromatic amines is 1. The van der Waals surface area contributed by atoms with E-state index in [2.05, 4.69) is 9.97 Å². The van der Waals surface area contributed by atoms with Crippen LogP contribution >= 0.6 is 11.8 Å². The van der Waals surface area contributed by atoms with Crippen LogP contribution in [0.3, 0.4) is 0 Å². The van der Waals surface area contributed by atoms with Gasteiger partial charge in [0.2, 0.25) is 0 Å². The highest BCUT2D eigenvalue weighted by Crippen LogP contribution is 2.39. The van der Waals surface area contributed by atoms with Crippen LogP contribution in [0, 0.1) is 0 Å². The molecule has 0 atom stereocenters. The van der Waals surface area contributed by atoms with Crippen molar-refractivity contribution in [2.75, 3.05) is 5.75 Å². The molecule has 0 bridgehead atoms. The average Bonchev–Trinajstić information content (AvgIpc) is 2.79. The fraction of sp³-hybridized carbons (Fsp3) is 0.421. The molecule has 2 aromatic rings. The monoisotopic (exact) mass is 386 g/mol. The first kappa shape index (κ1) is 19.9. The number of hydrogen-bond acceptors (Lipinski definition) is 6. The summed E-state index contributed by atoms with van der Waals surface area (Å²) in [5, 5.41) is 0.564. The number of benzene rings is 1. The SMILES string of the molecule is CC(=O)SCC(=Cc1ccc2c(=O)[nH]cnc2c1)B1OC(C)(C)C(C)(C)O1. The summed E-state index contributed by atoms with van der Waals surface area (Å²) in [7, 11) is -0.537. The maximum absolute atomic E-state index is 11.9. The lowest BCUT2D eigenvalue weighted by atomic mass is 9.78. The van der Waals surface area contributed by atoms with Crippen LogP contribution in [0.2, 0.25) is 0 Å². The van der Waals surface area contributed by atoms with E-state index < -0.39 is 18.3 Å². The van der Waals surface area contributed by atoms with E-state index >= 15 is 0 Å². The molecule has 0 unspecified atom stereocenters. The molecule has 2 heterocycles. The Kier molecular flexibility index (Phi) is 5.34. The molecule has 8 heteroatoms. The first-order chi connectivity index (χ1) is 12.6. The van der Waals surface area contributed by atoms with Crippen LogP contribution in [-0.2, 0) is 14.1 Å². The molecule has 0 saturated carbocycles. The summed E-state index contributed by atoms with van der Waals surface area (Å²) in [6.45, 7) is 9.52. The Balaban J connectivity index is 1.98. The van der Waals surface area contributed by atoms with Gasteiger partial charge in [-0.25, -0.2) is 4.98 Å². The summed E-state index contributed by atoms with van der Waals surface area (Å²) in [5.41, 5.74) is 1.24. The number of aromatic nitrogens is 2. The van der Waals surface area contributed by atoms with Gasteiger partial charge < -0.3 is 14.3 Å². The third-order valence-corrected chi connectivity index (χ3v) is 5.90. The molecular formula is C19H23BN2O4S. The number of carbonyl (C=O) groups is 1. The van der Waals surface area contributed by atoms with E-state index in [9.17, 15) is 9.59 Å². The zero-order chi connectivity index (χ0) is 19.8. The highest BCUT2D eigenvalue weighted by Gasteiger charge is 2.52. The van der Waals surface area contributed by atoms with Crippen LogP contribution in [0.25, 0.3) is 17.0 Å². The predicted molar refractivity (Wildman–Crippen MR) is 110 cm³/mol. The number of nitrogens with zero attached hydrogens (tertiary/aromatic N) is 1. The highest BCUT2D eigenvalue weighted by atomic mass is 32.2. The Hall–Kier alpha value is -1.90. The first-order valence-electron chi connectivity index (χ1n) is 8.76. The van der Waals surface area contributed by atoms with Crippen LogP contribution in [0.4, 0.5) is 0 Å². The average molecular weight is 386 g/mol. The van der Waals surface area contributed by atoms with E-state index in [1.807, 2.05) is 45.9 Å². The molecule has 0 spiro atoms. The summed E-state index contributed by atoms with van der Waals surface area (Å²) in [5.74, 6) is 0.465. The number of hydrogen-bond donors (Lipinski definition) is 1. The van der Waals surface area contributed by atoms with Crippen LogP contribution in [0.15, 0.2) is 34.8 Å². The first-order valence-corrected chi connectivity index (χ1v) is 9.74. The number of H-pyrrole nitrogens is 1. The maximum Gasteiger partial charge on any atom is 0.491 e. The van der Waals surface area contributed by atoms with E-state index in [1.54, 1.807) is 13.0 Å². The van der Waals surface area contributed by atoms with Gasteiger partial charge in [-0.05, 0) is 50.9 Å². The molecule has 1 saturated heterocycles. The molecule has 0 amide bonds. The van der Waals surface area contributed by atoms with Crippen LogP contribution < -0.4 is 5.56 Å². The van der Waals surface area contributed by atoms with Crippen molar-refractivity contribution in [3.05, 3.63) is 45.9 Å². The lowest BCUT2D eigenvalue weighted by Crippen LogP contribution is -2.41. The molecular weight excluding hydrogens is 363 g/mol. The van der Waals surface area contributed by atoms with Crippen molar-refractivity contribution in [2.24, 2.45) is 0 Å². The second kappa shape index (κ2) is 7.26. The zero-order valence-electron chi connectivity index (χ0n) is 16.2. The van der Waals surface area contributed by atoms with Gasteiger partial charge in [0.15, 0.2) is 5.12 Å². The summed E-state index contributed by atoms with van der Waals surface area (Å²) < 4.78 is 12.3. The Bertz CT molecular complexity index is 952. The third kappa shape index (κ3) is 4.18. The topological polar surface area (TPSA) is 81.3 Å². The highest BCUT2D eigenvalue weighted by molar-refractivity contribution is 8.13. The van der Waals surface area contributed by atoms with Gasteiger partial charge in [-0.2, -0.15) is 0 Å². The second-order valence-electron chi connectivity index (χ2n) is 7.60. The molecule has 3 rings (SSSR count). The van der Waals surface area contributed by atoms with E-state index in [1.165, 1.54) is 18.1 Å². The van der Waals surface area contributed by atoms with Gasteiger partial charge in [0, 0.05) is 12.7 Å². The van der Waals surface area contributed by atoms with Gasteiger partial charge >= 0.3 is 7.12 Å². The van der Waals surface area contributed by atoms with Gasteiger partial charge in [-0.15, -0.1) is 0 Å². The number of rotatable bonds is 4. The third-order valence-electron chi connectivity index (χ3n) is 5.02. The summed E-state index contributed by atoms with van der Waals surface area (Å²) in [6, 6.07) is 5.43. The minimum atomic E-state index is -0.537. The molecule has 1 aromatic carbocycles. The van der Waals surface area contributed by atoms with Gasteiger partial charge in [0.25, 0.3) is 5.56 Å². The second-order valence-corrected chi connectivity index (χ2v) is 8.75. The van der Waals surface area contributed by atoms with Crippen molar-refractivity contribution in [2.45, 2.75) is 45.8 Å². The maximum atomic E-state index is 11.9. The Morgan fingerprint density at radius 2 is 1.93 bits per heavy atom. The largest absolute Gasteiger partial charge is 0.491 e. The van der Waals surface area contributed by atoms with Crippen molar-refractivity contribution in [3.63, 3.8) is 0 Å². The predicted octanol–water partition coefficient (Wildman–Crippen LogP) is 3.22. The summed E-state index contributed by atoms with van der Waals surface area (Å²) in [4.78, 5) is 30.1. The van der Waals surface area contributed by atoms with E-state index in [4.69, 9.17) is 9.31 Å². The normalized spacial score (nSPS) is 18.9. The Labute approximate surface area is 162 Å². The molecule has 6 nitrogen and oxygen atoms in total. The van der Waals surface area contributed by atoms with Crippen LogP contribution in [0.5, 0.6) is 0 Å². The Morgan fingerprint density at radius 1 is 1.26 bits per heavy atom. The van der Waals surface area contributed by atoms with Gasteiger partial charge in [0.1, 0.15) is 0 Å². The van der Waals surface area contributed by atoms with E-state index in [0.717, 1.165) is 11.0 Å². The number of carbonyl (C=O) groups excluding carboxylic acids is 1. The standard InChI is InChI=1S/C19H23BN2O4S/c1-12(23)27-10-14(20-25-18(2,3)19(4,5)26-20)8-13-6-7-15-16(9-13)21-11-22-17(15)24/h6-9,11H,10H2,1-5H3,(H,21,22,24). The van der Waals surface area contributed by atoms with Crippen LogP contribution in [0.1, 0.15) is 40.2 Å². The molecule has 0 radical (unpaired) electrons. The quantitative estimate of drug-likeness (QED) is 0.813. The lowest BCUT2D eigenvalue weighted by Gasteiger charge is -2.32. The van der Waals surface area contributed by atoms with Crippen molar-refractivity contribution in [1.29, 1.82) is 0 Å².